The maximum Gasteiger partial charge on any atom is 0.157 e. The number of hydrogen-bond acceptors (Lipinski definition) is 2. The van der Waals surface area contributed by atoms with Crippen LogP contribution in [0.5, 0.6) is 0 Å². The lowest BCUT2D eigenvalue weighted by Crippen LogP contribution is -2.17. The zero-order chi connectivity index (χ0) is 8.69. The standard InChI is InChI=1S/C9H20O2/c1-5-8(6-2)7-9(10-3)11-4/h8-9H,5-7H2,1-4H3. The molecule has 0 fully saturated rings. The average molecular weight is 160 g/mol. The second kappa shape index (κ2) is 6.62. The van der Waals surface area contributed by atoms with Crippen molar-refractivity contribution in [3.63, 3.8) is 0 Å². The summed E-state index contributed by atoms with van der Waals surface area (Å²) in [4.78, 5) is 0. The molecule has 0 aromatic heterocycles. The summed E-state index contributed by atoms with van der Waals surface area (Å²) in [6, 6.07) is 0. The molecule has 0 saturated carbocycles. The minimum Gasteiger partial charge on any atom is -0.356 e. The van der Waals surface area contributed by atoms with E-state index in [0.29, 0.717) is 0 Å². The Balaban J connectivity index is 3.58. The van der Waals surface area contributed by atoms with Gasteiger partial charge in [-0.05, 0) is 5.92 Å². The molecule has 0 heterocycles. The van der Waals surface area contributed by atoms with Gasteiger partial charge in [0.05, 0.1) is 0 Å². The SMILES string of the molecule is CCC(CC)CC(OC)OC. The molecule has 0 atom stereocenters. The van der Waals surface area contributed by atoms with Crippen molar-refractivity contribution in [1.82, 2.24) is 0 Å². The van der Waals surface area contributed by atoms with Gasteiger partial charge < -0.3 is 9.47 Å². The fourth-order valence-electron chi connectivity index (χ4n) is 1.18. The molecule has 2 heteroatoms. The van der Waals surface area contributed by atoms with Gasteiger partial charge in [0.15, 0.2) is 6.29 Å². The second-order valence-corrected chi connectivity index (χ2v) is 2.82. The Kier molecular flexibility index (Phi) is 6.57. The Morgan fingerprint density at radius 2 is 1.45 bits per heavy atom. The van der Waals surface area contributed by atoms with Gasteiger partial charge in [0, 0.05) is 20.6 Å². The van der Waals surface area contributed by atoms with Crippen LogP contribution in [0.1, 0.15) is 33.1 Å². The first-order valence-electron chi connectivity index (χ1n) is 4.34. The van der Waals surface area contributed by atoms with E-state index in [9.17, 15) is 0 Å². The highest BCUT2D eigenvalue weighted by atomic mass is 16.7. The normalized spacial score (nSPS) is 11.5. The van der Waals surface area contributed by atoms with Gasteiger partial charge in [-0.3, -0.25) is 0 Å². The predicted molar refractivity (Wildman–Crippen MR) is 46.5 cm³/mol. The van der Waals surface area contributed by atoms with Crippen LogP contribution >= 0.6 is 0 Å². The van der Waals surface area contributed by atoms with Gasteiger partial charge in [-0.25, -0.2) is 0 Å². The number of methoxy groups -OCH3 is 2. The molecule has 0 rings (SSSR count). The molecule has 0 aliphatic heterocycles. The van der Waals surface area contributed by atoms with E-state index < -0.39 is 0 Å². The topological polar surface area (TPSA) is 18.5 Å². The molecule has 0 saturated heterocycles. The van der Waals surface area contributed by atoms with Gasteiger partial charge in [0.25, 0.3) is 0 Å². The second-order valence-electron chi connectivity index (χ2n) is 2.82. The van der Waals surface area contributed by atoms with Gasteiger partial charge >= 0.3 is 0 Å². The molecule has 0 spiro atoms. The lowest BCUT2D eigenvalue weighted by Gasteiger charge is -2.18. The first-order valence-corrected chi connectivity index (χ1v) is 4.34. The van der Waals surface area contributed by atoms with E-state index in [0.717, 1.165) is 12.3 Å². The van der Waals surface area contributed by atoms with Crippen molar-refractivity contribution in [2.45, 2.75) is 39.4 Å². The van der Waals surface area contributed by atoms with Crippen molar-refractivity contribution in [3.05, 3.63) is 0 Å². The molecule has 11 heavy (non-hydrogen) atoms. The summed E-state index contributed by atoms with van der Waals surface area (Å²) in [5, 5.41) is 0. The van der Waals surface area contributed by atoms with Crippen LogP contribution in [-0.4, -0.2) is 20.5 Å². The molecule has 0 unspecified atom stereocenters. The van der Waals surface area contributed by atoms with Crippen LogP contribution in [0.2, 0.25) is 0 Å². The van der Waals surface area contributed by atoms with Gasteiger partial charge in [-0.2, -0.15) is 0 Å². The van der Waals surface area contributed by atoms with E-state index in [4.69, 9.17) is 9.47 Å². The molecular weight excluding hydrogens is 140 g/mol. The van der Waals surface area contributed by atoms with E-state index in [1.807, 2.05) is 0 Å². The fourth-order valence-corrected chi connectivity index (χ4v) is 1.18. The maximum absolute atomic E-state index is 5.11. The monoisotopic (exact) mass is 160 g/mol. The Morgan fingerprint density at radius 1 is 1.00 bits per heavy atom. The molecule has 0 aromatic carbocycles. The van der Waals surface area contributed by atoms with Crippen molar-refractivity contribution >= 4 is 0 Å². The van der Waals surface area contributed by atoms with Crippen LogP contribution < -0.4 is 0 Å². The molecule has 0 aromatic rings. The smallest absolute Gasteiger partial charge is 0.157 e. The molecule has 0 amide bonds. The van der Waals surface area contributed by atoms with Crippen molar-refractivity contribution < 1.29 is 9.47 Å². The van der Waals surface area contributed by atoms with Gasteiger partial charge in [0.1, 0.15) is 0 Å². The zero-order valence-electron chi connectivity index (χ0n) is 8.09. The first kappa shape index (κ1) is 10.9. The fraction of sp³-hybridized carbons (Fsp3) is 1.00. The molecule has 0 aliphatic rings. The van der Waals surface area contributed by atoms with Gasteiger partial charge in [-0.15, -0.1) is 0 Å². The average Bonchev–Trinajstić information content (AvgIpc) is 2.07. The summed E-state index contributed by atoms with van der Waals surface area (Å²) in [6.07, 6.45) is 3.42. The first-order chi connectivity index (χ1) is 5.28. The van der Waals surface area contributed by atoms with Crippen molar-refractivity contribution in [2.24, 2.45) is 5.92 Å². The van der Waals surface area contributed by atoms with Gasteiger partial charge in [0.2, 0.25) is 0 Å². The molecule has 0 aliphatic carbocycles. The van der Waals surface area contributed by atoms with Crippen LogP contribution in [0.25, 0.3) is 0 Å². The predicted octanol–water partition coefficient (Wildman–Crippen LogP) is 2.43. The zero-order valence-corrected chi connectivity index (χ0v) is 8.09. The van der Waals surface area contributed by atoms with E-state index in [-0.39, 0.29) is 6.29 Å². The summed E-state index contributed by atoms with van der Waals surface area (Å²) in [7, 11) is 3.38. The molecule has 0 bridgehead atoms. The third-order valence-electron chi connectivity index (χ3n) is 2.21. The quantitative estimate of drug-likeness (QED) is 0.556. The van der Waals surface area contributed by atoms with Crippen LogP contribution in [0.15, 0.2) is 0 Å². The van der Waals surface area contributed by atoms with Crippen LogP contribution in [0.3, 0.4) is 0 Å². The van der Waals surface area contributed by atoms with Crippen LogP contribution in [0, 0.1) is 5.92 Å². The van der Waals surface area contributed by atoms with Crippen molar-refractivity contribution in [2.75, 3.05) is 14.2 Å². The Bertz CT molecular complexity index is 65.6. The highest BCUT2D eigenvalue weighted by Gasteiger charge is 2.11. The molecule has 68 valence electrons. The molecule has 0 N–H and O–H groups in total. The minimum atomic E-state index is -0.0140. The third kappa shape index (κ3) is 4.38. The highest BCUT2D eigenvalue weighted by Crippen LogP contribution is 2.16. The Labute approximate surface area is 69.9 Å². The van der Waals surface area contributed by atoms with E-state index >= 15 is 0 Å². The Hall–Kier alpha value is -0.0800. The summed E-state index contributed by atoms with van der Waals surface area (Å²) in [5.74, 6) is 0.736. The third-order valence-corrected chi connectivity index (χ3v) is 2.21. The largest absolute Gasteiger partial charge is 0.356 e. The van der Waals surface area contributed by atoms with Crippen molar-refractivity contribution in [1.29, 1.82) is 0 Å². The minimum absolute atomic E-state index is 0.0140. The van der Waals surface area contributed by atoms with Crippen LogP contribution in [-0.2, 0) is 9.47 Å². The molecule has 2 nitrogen and oxygen atoms in total. The van der Waals surface area contributed by atoms with E-state index in [1.165, 1.54) is 12.8 Å². The maximum atomic E-state index is 5.11. The summed E-state index contributed by atoms with van der Waals surface area (Å²) < 4.78 is 10.2. The number of hydrogen-bond donors (Lipinski definition) is 0. The highest BCUT2D eigenvalue weighted by molar-refractivity contribution is 4.56. The van der Waals surface area contributed by atoms with Crippen LogP contribution in [0.4, 0.5) is 0 Å². The van der Waals surface area contributed by atoms with Gasteiger partial charge in [-0.1, -0.05) is 26.7 Å². The van der Waals surface area contributed by atoms with Crippen molar-refractivity contribution in [3.8, 4) is 0 Å². The summed E-state index contributed by atoms with van der Waals surface area (Å²) >= 11 is 0. The Morgan fingerprint density at radius 3 is 1.73 bits per heavy atom. The lowest BCUT2D eigenvalue weighted by atomic mass is 9.99. The summed E-state index contributed by atoms with van der Waals surface area (Å²) in [5.41, 5.74) is 0. The summed E-state index contributed by atoms with van der Waals surface area (Å²) in [6.45, 7) is 4.41. The molecule has 0 radical (unpaired) electrons. The molecular formula is C9H20O2. The number of ether oxygens (including phenoxy) is 2. The van der Waals surface area contributed by atoms with E-state index in [2.05, 4.69) is 13.8 Å². The number of rotatable bonds is 6. The van der Waals surface area contributed by atoms with E-state index in [1.54, 1.807) is 14.2 Å². The lowest BCUT2D eigenvalue weighted by molar-refractivity contribution is -0.114.